The van der Waals surface area contributed by atoms with E-state index in [1.165, 1.54) is 0 Å². The van der Waals surface area contributed by atoms with E-state index in [9.17, 15) is 4.79 Å². The van der Waals surface area contributed by atoms with Crippen molar-refractivity contribution >= 4 is 23.4 Å². The molecule has 6 nitrogen and oxygen atoms in total. The quantitative estimate of drug-likeness (QED) is 0.391. The molecule has 0 fully saturated rings. The fraction of sp³-hybridized carbons (Fsp3) is 0.0714. The Hall–Kier alpha value is -2.60. The van der Waals surface area contributed by atoms with Gasteiger partial charge in [0.15, 0.2) is 24.8 Å². The van der Waals surface area contributed by atoms with Gasteiger partial charge in [0.2, 0.25) is 0 Å². The number of H-pyrrole nitrogens is 1. The second-order valence-electron chi connectivity index (χ2n) is 3.97. The number of pyridine rings is 1. The van der Waals surface area contributed by atoms with Gasteiger partial charge in [0, 0.05) is 11.1 Å². The molecule has 0 aliphatic rings. The summed E-state index contributed by atoms with van der Waals surface area (Å²) in [5.41, 5.74) is 6.28. The lowest BCUT2D eigenvalue weighted by atomic mass is 10.3. The summed E-state index contributed by atoms with van der Waals surface area (Å²) in [5.74, 6) is -0.0644. The van der Waals surface area contributed by atoms with Crippen LogP contribution in [0.1, 0.15) is 5.56 Å². The molecule has 2 aromatic rings. The van der Waals surface area contributed by atoms with Crippen molar-refractivity contribution in [3.63, 3.8) is 0 Å². The van der Waals surface area contributed by atoms with Gasteiger partial charge < -0.3 is 15.3 Å². The molecule has 3 N–H and O–H groups in total. The number of ether oxygens (including phenoxy) is 1. The summed E-state index contributed by atoms with van der Waals surface area (Å²) in [5, 5.41) is 4.13. The molecule has 0 unspecified atom stereocenters. The Morgan fingerprint density at radius 2 is 2.05 bits per heavy atom. The van der Waals surface area contributed by atoms with E-state index in [1.54, 1.807) is 48.8 Å². The van der Waals surface area contributed by atoms with Gasteiger partial charge >= 0.3 is 5.97 Å². The number of benzene rings is 1. The van der Waals surface area contributed by atoms with Crippen LogP contribution in [0.2, 0.25) is 5.02 Å². The summed E-state index contributed by atoms with van der Waals surface area (Å²) in [7, 11) is 0. The average Bonchev–Trinajstić information content (AvgIpc) is 2.53. The number of rotatable bonds is 5. The first-order valence-electron chi connectivity index (χ1n) is 6.03. The molecule has 1 heterocycles. The van der Waals surface area contributed by atoms with Crippen molar-refractivity contribution in [1.82, 2.24) is 0 Å². The minimum Gasteiger partial charge on any atom is -0.482 e. The second-order valence-corrected chi connectivity index (χ2v) is 4.41. The van der Waals surface area contributed by atoms with Crippen LogP contribution in [0.25, 0.3) is 0 Å². The van der Waals surface area contributed by atoms with E-state index in [2.05, 4.69) is 15.0 Å². The molecule has 0 aliphatic heterocycles. The number of nitrogens with zero attached hydrogens (tertiary/aromatic N) is 1. The minimum atomic E-state index is -0.659. The van der Waals surface area contributed by atoms with Gasteiger partial charge in [-0.1, -0.05) is 16.8 Å². The molecule has 1 aromatic heterocycles. The van der Waals surface area contributed by atoms with Crippen molar-refractivity contribution < 1.29 is 19.4 Å². The van der Waals surface area contributed by atoms with Crippen LogP contribution < -0.4 is 15.5 Å². The Balaban J connectivity index is 1.83. The zero-order valence-electron chi connectivity index (χ0n) is 11.0. The van der Waals surface area contributed by atoms with Crippen LogP contribution >= 0.6 is 11.6 Å². The molecule has 0 saturated carbocycles. The first-order chi connectivity index (χ1) is 10.1. The molecule has 0 aliphatic carbocycles. The maximum atomic E-state index is 11.5. The Bertz CT molecular complexity index is 630. The molecule has 21 heavy (non-hydrogen) atoms. The number of halogens is 1. The van der Waals surface area contributed by atoms with E-state index >= 15 is 0 Å². The zero-order chi connectivity index (χ0) is 15.1. The molecule has 0 amide bonds. The topological polar surface area (TPSA) is 88.1 Å². The standard InChI is InChI=1S/C14H12ClN3O3/c15-11-3-5-12(6-4-11)20-9-13(19)21-18-14(16)10-2-1-7-17-8-10/h1-8H,9H2,(H2,16,18)/p+1. The monoisotopic (exact) mass is 306 g/mol. The van der Waals surface area contributed by atoms with E-state index in [4.69, 9.17) is 22.1 Å². The third-order valence-electron chi connectivity index (χ3n) is 2.42. The molecule has 2 rings (SSSR count). The lowest BCUT2D eigenvalue weighted by Gasteiger charge is -2.04. The van der Waals surface area contributed by atoms with E-state index < -0.39 is 5.97 Å². The SMILES string of the molecule is NC(=NOC(=O)COc1ccc(Cl)cc1)c1ccc[nH+]c1. The number of aromatic amines is 1. The van der Waals surface area contributed by atoms with Crippen LogP contribution in [0.5, 0.6) is 5.75 Å². The molecule has 0 saturated heterocycles. The van der Waals surface area contributed by atoms with E-state index in [-0.39, 0.29) is 12.4 Å². The highest BCUT2D eigenvalue weighted by atomic mass is 35.5. The second kappa shape index (κ2) is 7.25. The third-order valence-corrected chi connectivity index (χ3v) is 2.67. The lowest BCUT2D eigenvalue weighted by Crippen LogP contribution is -2.19. The molecule has 1 aromatic carbocycles. The highest BCUT2D eigenvalue weighted by Gasteiger charge is 2.06. The summed E-state index contributed by atoms with van der Waals surface area (Å²) in [6.07, 6.45) is 3.36. The number of oxime groups is 1. The zero-order valence-corrected chi connectivity index (χ0v) is 11.7. The molecule has 7 heteroatoms. The summed E-state index contributed by atoms with van der Waals surface area (Å²) < 4.78 is 5.21. The van der Waals surface area contributed by atoms with Crippen molar-refractivity contribution in [3.8, 4) is 5.75 Å². The Labute approximate surface area is 126 Å². The lowest BCUT2D eigenvalue weighted by molar-refractivity contribution is -0.378. The maximum Gasteiger partial charge on any atom is 0.372 e. The van der Waals surface area contributed by atoms with Gasteiger partial charge in [-0.15, -0.1) is 0 Å². The minimum absolute atomic E-state index is 0.0895. The van der Waals surface area contributed by atoms with Crippen LogP contribution in [0.4, 0.5) is 0 Å². The predicted molar refractivity (Wildman–Crippen MR) is 76.8 cm³/mol. The van der Waals surface area contributed by atoms with Crippen LogP contribution in [-0.2, 0) is 9.63 Å². The fourth-order valence-corrected chi connectivity index (χ4v) is 1.53. The number of aromatic nitrogens is 1. The van der Waals surface area contributed by atoms with Crippen molar-refractivity contribution in [3.05, 3.63) is 59.4 Å². The smallest absolute Gasteiger partial charge is 0.372 e. The van der Waals surface area contributed by atoms with Crippen LogP contribution in [0, 0.1) is 0 Å². The first kappa shape index (κ1) is 14.8. The number of hydrogen-bond acceptors (Lipinski definition) is 4. The summed E-state index contributed by atoms with van der Waals surface area (Å²) >= 11 is 5.74. The molecule has 0 atom stereocenters. The third kappa shape index (κ3) is 4.77. The molecular weight excluding hydrogens is 294 g/mol. The van der Waals surface area contributed by atoms with Crippen LogP contribution in [-0.4, -0.2) is 18.4 Å². The molecule has 108 valence electrons. The van der Waals surface area contributed by atoms with Gasteiger partial charge in [0.05, 0.1) is 5.56 Å². The van der Waals surface area contributed by atoms with Crippen LogP contribution in [0.3, 0.4) is 0 Å². The summed E-state index contributed by atoms with van der Waals surface area (Å²) in [6.45, 7) is -0.278. The van der Waals surface area contributed by atoms with Gasteiger partial charge in [0.1, 0.15) is 5.75 Å². The van der Waals surface area contributed by atoms with E-state index in [0.29, 0.717) is 16.3 Å². The molecule has 0 spiro atoms. The maximum absolute atomic E-state index is 11.5. The van der Waals surface area contributed by atoms with Gasteiger partial charge in [-0.25, -0.2) is 9.78 Å². The largest absolute Gasteiger partial charge is 0.482 e. The Morgan fingerprint density at radius 3 is 2.71 bits per heavy atom. The van der Waals surface area contributed by atoms with Crippen molar-refractivity contribution in [2.24, 2.45) is 10.9 Å². The normalized spacial score (nSPS) is 11.0. The summed E-state index contributed by atoms with van der Waals surface area (Å²) in [6, 6.07) is 10.1. The first-order valence-corrected chi connectivity index (χ1v) is 6.41. The van der Waals surface area contributed by atoms with Crippen LogP contribution in [0.15, 0.2) is 53.9 Å². The van der Waals surface area contributed by atoms with Crippen molar-refractivity contribution in [2.45, 2.75) is 0 Å². The van der Waals surface area contributed by atoms with Crippen molar-refractivity contribution in [1.29, 1.82) is 0 Å². The molecular formula is C14H13ClN3O3+. The highest BCUT2D eigenvalue weighted by Crippen LogP contribution is 2.15. The summed E-state index contributed by atoms with van der Waals surface area (Å²) in [4.78, 5) is 19.0. The molecule has 0 bridgehead atoms. The van der Waals surface area contributed by atoms with Crippen molar-refractivity contribution in [2.75, 3.05) is 6.61 Å². The Morgan fingerprint density at radius 1 is 1.29 bits per heavy atom. The van der Waals surface area contributed by atoms with Gasteiger partial charge in [0.25, 0.3) is 0 Å². The fourth-order valence-electron chi connectivity index (χ4n) is 1.40. The number of nitrogens with one attached hydrogen (secondary N) is 1. The van der Waals surface area contributed by atoms with E-state index in [0.717, 1.165) is 0 Å². The average molecular weight is 307 g/mol. The molecule has 0 radical (unpaired) electrons. The number of carbonyl (C=O) groups is 1. The number of hydrogen-bond donors (Lipinski definition) is 1. The number of amidine groups is 1. The highest BCUT2D eigenvalue weighted by molar-refractivity contribution is 6.30. The van der Waals surface area contributed by atoms with E-state index in [1.807, 2.05) is 0 Å². The van der Waals surface area contributed by atoms with Gasteiger partial charge in [-0.3, -0.25) is 0 Å². The van der Waals surface area contributed by atoms with Gasteiger partial charge in [-0.05, 0) is 30.3 Å². The Kier molecular flexibility index (Phi) is 5.11. The number of carbonyl (C=O) groups excluding carboxylic acids is 1. The number of nitrogens with two attached hydrogens (primary N) is 1. The van der Waals surface area contributed by atoms with Gasteiger partial charge in [-0.2, -0.15) is 0 Å². The predicted octanol–water partition coefficient (Wildman–Crippen LogP) is 1.40.